The highest BCUT2D eigenvalue weighted by Gasteiger charge is 2.23. The molecule has 0 unspecified atom stereocenters. The number of rotatable bonds is 2. The number of carbonyl (C=O) groups excluding carboxylic acids is 1. The average molecular weight is 223 g/mol. The summed E-state index contributed by atoms with van der Waals surface area (Å²) in [5, 5.41) is 10.6. The predicted molar refractivity (Wildman–Crippen MR) is 58.9 cm³/mol. The van der Waals surface area contributed by atoms with Gasteiger partial charge in [0.15, 0.2) is 0 Å². The van der Waals surface area contributed by atoms with Crippen molar-refractivity contribution >= 4 is 6.03 Å². The molecule has 1 aromatic heterocycles. The summed E-state index contributed by atoms with van der Waals surface area (Å²) in [5.41, 5.74) is 0. The van der Waals surface area contributed by atoms with E-state index in [1.54, 1.807) is 6.20 Å². The molecule has 16 heavy (non-hydrogen) atoms. The molecule has 2 amide bonds. The van der Waals surface area contributed by atoms with Gasteiger partial charge in [-0.25, -0.2) is 9.48 Å². The lowest BCUT2D eigenvalue weighted by molar-refractivity contribution is 0.168. The fourth-order valence-electron chi connectivity index (χ4n) is 2.01. The lowest BCUT2D eigenvalue weighted by Crippen LogP contribution is -2.44. The van der Waals surface area contributed by atoms with Crippen LogP contribution >= 0.6 is 0 Å². The predicted octanol–water partition coefficient (Wildman–Crippen LogP) is 0.644. The van der Waals surface area contributed by atoms with E-state index in [2.05, 4.69) is 15.6 Å². The van der Waals surface area contributed by atoms with Gasteiger partial charge in [0.2, 0.25) is 0 Å². The molecule has 0 aliphatic carbocycles. The van der Waals surface area contributed by atoms with E-state index in [1.807, 2.05) is 22.7 Å². The van der Waals surface area contributed by atoms with Crippen molar-refractivity contribution in [1.82, 2.24) is 25.2 Å². The minimum absolute atomic E-state index is 0.0412. The number of nitrogens with one attached hydrogen (secondary N) is 1. The van der Waals surface area contributed by atoms with E-state index >= 15 is 0 Å². The van der Waals surface area contributed by atoms with Gasteiger partial charge in [-0.15, -0.1) is 5.10 Å². The van der Waals surface area contributed by atoms with Crippen molar-refractivity contribution < 1.29 is 4.79 Å². The standard InChI is InChI=1S/C10H17N5O/c1-2-11-10(16)14-6-3-9(4-7-14)15-8-5-12-13-15/h5,8-9H,2-4,6-7H2,1H3,(H,11,16). The summed E-state index contributed by atoms with van der Waals surface area (Å²) in [7, 11) is 0. The summed E-state index contributed by atoms with van der Waals surface area (Å²) in [6.45, 7) is 4.19. The molecule has 2 rings (SSSR count). The Hall–Kier alpha value is -1.59. The van der Waals surface area contributed by atoms with Crippen molar-refractivity contribution in [1.29, 1.82) is 0 Å². The van der Waals surface area contributed by atoms with Crippen LogP contribution in [0.2, 0.25) is 0 Å². The summed E-state index contributed by atoms with van der Waals surface area (Å²) >= 11 is 0. The second-order valence-corrected chi connectivity index (χ2v) is 3.94. The van der Waals surface area contributed by atoms with Crippen molar-refractivity contribution in [3.63, 3.8) is 0 Å². The Morgan fingerprint density at radius 3 is 2.81 bits per heavy atom. The second-order valence-electron chi connectivity index (χ2n) is 3.94. The highest BCUT2D eigenvalue weighted by Crippen LogP contribution is 2.20. The van der Waals surface area contributed by atoms with Gasteiger partial charge in [0.1, 0.15) is 0 Å². The number of aromatic nitrogens is 3. The third kappa shape index (κ3) is 2.32. The molecule has 1 aromatic rings. The van der Waals surface area contributed by atoms with E-state index in [0.717, 1.165) is 25.9 Å². The summed E-state index contributed by atoms with van der Waals surface area (Å²) < 4.78 is 1.88. The van der Waals surface area contributed by atoms with Crippen LogP contribution in [0, 0.1) is 0 Å². The summed E-state index contributed by atoms with van der Waals surface area (Å²) in [5.74, 6) is 0. The highest BCUT2D eigenvalue weighted by molar-refractivity contribution is 5.74. The summed E-state index contributed by atoms with van der Waals surface area (Å²) in [6, 6.07) is 0.424. The van der Waals surface area contributed by atoms with E-state index in [4.69, 9.17) is 0 Å². The molecule has 1 aliphatic heterocycles. The third-order valence-electron chi connectivity index (χ3n) is 2.89. The minimum Gasteiger partial charge on any atom is -0.338 e. The van der Waals surface area contributed by atoms with E-state index in [9.17, 15) is 4.79 Å². The Morgan fingerprint density at radius 1 is 1.50 bits per heavy atom. The maximum atomic E-state index is 11.6. The van der Waals surface area contributed by atoms with Gasteiger partial charge >= 0.3 is 6.03 Å². The molecular formula is C10H17N5O. The fraction of sp³-hybridized carbons (Fsp3) is 0.700. The molecule has 0 saturated carbocycles. The number of amides is 2. The highest BCUT2D eigenvalue weighted by atomic mass is 16.2. The smallest absolute Gasteiger partial charge is 0.317 e. The van der Waals surface area contributed by atoms with Crippen LogP contribution in [0.4, 0.5) is 4.79 Å². The van der Waals surface area contributed by atoms with Crippen molar-refractivity contribution in [3.8, 4) is 0 Å². The van der Waals surface area contributed by atoms with Crippen LogP contribution < -0.4 is 5.32 Å². The number of likely N-dealkylation sites (tertiary alicyclic amines) is 1. The lowest BCUT2D eigenvalue weighted by Gasteiger charge is -2.31. The number of piperidine rings is 1. The van der Waals surface area contributed by atoms with Gasteiger partial charge in [-0.1, -0.05) is 5.21 Å². The Balaban J connectivity index is 1.85. The first-order chi connectivity index (χ1) is 7.81. The van der Waals surface area contributed by atoms with Crippen molar-refractivity contribution in [2.75, 3.05) is 19.6 Å². The van der Waals surface area contributed by atoms with Crippen molar-refractivity contribution in [2.45, 2.75) is 25.8 Å². The van der Waals surface area contributed by atoms with Gasteiger partial charge in [0.25, 0.3) is 0 Å². The molecule has 2 heterocycles. The molecule has 1 N–H and O–H groups in total. The van der Waals surface area contributed by atoms with E-state index in [0.29, 0.717) is 12.6 Å². The molecule has 0 atom stereocenters. The molecule has 0 radical (unpaired) electrons. The van der Waals surface area contributed by atoms with Gasteiger partial charge in [-0.3, -0.25) is 0 Å². The molecule has 1 aliphatic rings. The van der Waals surface area contributed by atoms with Crippen LogP contribution in [0.15, 0.2) is 12.4 Å². The van der Waals surface area contributed by atoms with Gasteiger partial charge in [0, 0.05) is 25.8 Å². The molecule has 1 fully saturated rings. The quantitative estimate of drug-likeness (QED) is 0.800. The van der Waals surface area contributed by atoms with Gasteiger partial charge < -0.3 is 10.2 Å². The van der Waals surface area contributed by atoms with E-state index < -0.39 is 0 Å². The SMILES string of the molecule is CCNC(=O)N1CCC(n2ccnn2)CC1. The summed E-state index contributed by atoms with van der Waals surface area (Å²) in [4.78, 5) is 13.4. The Labute approximate surface area is 94.6 Å². The lowest BCUT2D eigenvalue weighted by atomic mass is 10.1. The number of hydrogen-bond donors (Lipinski definition) is 1. The van der Waals surface area contributed by atoms with Crippen molar-refractivity contribution in [3.05, 3.63) is 12.4 Å². The first-order valence-corrected chi connectivity index (χ1v) is 5.70. The van der Waals surface area contributed by atoms with E-state index in [1.165, 1.54) is 0 Å². The molecule has 1 saturated heterocycles. The molecular weight excluding hydrogens is 206 g/mol. The van der Waals surface area contributed by atoms with Crippen LogP contribution in [0.5, 0.6) is 0 Å². The molecule has 0 aromatic carbocycles. The van der Waals surface area contributed by atoms with Gasteiger partial charge in [-0.2, -0.15) is 0 Å². The Kier molecular flexibility index (Phi) is 3.38. The van der Waals surface area contributed by atoms with Crippen LogP contribution in [-0.2, 0) is 0 Å². The molecule has 0 spiro atoms. The average Bonchev–Trinajstić information content (AvgIpc) is 2.83. The van der Waals surface area contributed by atoms with E-state index in [-0.39, 0.29) is 6.03 Å². The largest absolute Gasteiger partial charge is 0.338 e. The van der Waals surface area contributed by atoms with Crippen LogP contribution in [0.3, 0.4) is 0 Å². The zero-order valence-corrected chi connectivity index (χ0v) is 9.46. The number of hydrogen-bond acceptors (Lipinski definition) is 3. The van der Waals surface area contributed by atoms with Crippen LogP contribution in [0.25, 0.3) is 0 Å². The Morgan fingerprint density at radius 2 is 2.25 bits per heavy atom. The summed E-state index contributed by atoms with van der Waals surface area (Å²) in [6.07, 6.45) is 5.46. The molecule has 88 valence electrons. The minimum atomic E-state index is 0.0412. The maximum absolute atomic E-state index is 11.6. The zero-order valence-electron chi connectivity index (χ0n) is 9.46. The first-order valence-electron chi connectivity index (χ1n) is 5.70. The third-order valence-corrected chi connectivity index (χ3v) is 2.89. The molecule has 0 bridgehead atoms. The Bertz CT molecular complexity index is 329. The number of urea groups is 1. The topological polar surface area (TPSA) is 63.1 Å². The van der Waals surface area contributed by atoms with Gasteiger partial charge in [0.05, 0.1) is 12.2 Å². The fourth-order valence-corrected chi connectivity index (χ4v) is 2.01. The number of carbonyl (C=O) groups is 1. The second kappa shape index (κ2) is 4.96. The van der Waals surface area contributed by atoms with Gasteiger partial charge in [-0.05, 0) is 19.8 Å². The normalized spacial score (nSPS) is 17.4. The van der Waals surface area contributed by atoms with Crippen LogP contribution in [-0.4, -0.2) is 45.6 Å². The first kappa shape index (κ1) is 10.9. The molecule has 6 nitrogen and oxygen atoms in total. The number of nitrogens with zero attached hydrogens (tertiary/aromatic N) is 4. The maximum Gasteiger partial charge on any atom is 0.317 e. The van der Waals surface area contributed by atoms with Crippen LogP contribution in [0.1, 0.15) is 25.8 Å². The monoisotopic (exact) mass is 223 g/mol. The van der Waals surface area contributed by atoms with Crippen molar-refractivity contribution in [2.24, 2.45) is 0 Å². The zero-order chi connectivity index (χ0) is 11.4. The molecule has 6 heteroatoms.